The molecule has 0 aliphatic heterocycles. The molecule has 0 fully saturated rings. The number of anilines is 1. The number of sulfonamides is 1. The van der Waals surface area contributed by atoms with Gasteiger partial charge < -0.3 is 5.73 Å². The maximum atomic E-state index is 11.5. The van der Waals surface area contributed by atoms with Gasteiger partial charge in [-0.05, 0) is 18.2 Å². The molecular weight excluding hydrogens is 258 g/mol. The van der Waals surface area contributed by atoms with Gasteiger partial charge in [-0.25, -0.2) is 13.4 Å². The first-order valence-corrected chi connectivity index (χ1v) is 7.68. The van der Waals surface area contributed by atoms with Crippen LogP contribution in [0, 0.1) is 0 Å². The fourth-order valence-electron chi connectivity index (χ4n) is 1.20. The highest BCUT2D eigenvalue weighted by Crippen LogP contribution is 2.20. The topological polar surface area (TPSA) is 75.4 Å². The fraction of sp³-hybridized carbons (Fsp3) is 0.400. The van der Waals surface area contributed by atoms with E-state index in [9.17, 15) is 8.42 Å². The van der Waals surface area contributed by atoms with E-state index in [0.29, 0.717) is 11.4 Å². The van der Waals surface area contributed by atoms with Crippen LogP contribution in [0.3, 0.4) is 0 Å². The molecule has 17 heavy (non-hydrogen) atoms. The lowest BCUT2D eigenvalue weighted by atomic mass is 10.3. The van der Waals surface area contributed by atoms with Gasteiger partial charge in [0.15, 0.2) is 0 Å². The minimum absolute atomic E-state index is 0.0741. The molecular formula is C10H17N3O2S2. The molecule has 1 rings (SSSR count). The normalized spacial score (nSPS) is 11.9. The summed E-state index contributed by atoms with van der Waals surface area (Å²) in [5.74, 6) is 0.567. The third-order valence-electron chi connectivity index (χ3n) is 1.80. The molecule has 1 aromatic carbocycles. The minimum atomic E-state index is -3.24. The van der Waals surface area contributed by atoms with Gasteiger partial charge in [-0.15, -0.1) is 16.6 Å². The molecule has 3 N–H and O–H groups in total. The Balaban J connectivity index is 2.43. The Morgan fingerprint density at radius 2 is 2.12 bits per heavy atom. The molecule has 0 radical (unpaired) electrons. The number of hydrazine groups is 1. The second-order valence-electron chi connectivity index (χ2n) is 3.73. The lowest BCUT2D eigenvalue weighted by Gasteiger charge is -2.12. The van der Waals surface area contributed by atoms with Gasteiger partial charge in [0.05, 0.1) is 5.75 Å². The molecule has 0 atom stereocenters. The molecule has 96 valence electrons. The fourth-order valence-corrected chi connectivity index (χ4v) is 3.69. The third-order valence-corrected chi connectivity index (χ3v) is 4.44. The molecule has 1 aromatic rings. The van der Waals surface area contributed by atoms with Crippen molar-refractivity contribution in [3.8, 4) is 0 Å². The molecule has 0 aliphatic carbocycles. The number of rotatable bonds is 6. The number of hydrogen-bond acceptors (Lipinski definition) is 5. The Labute approximate surface area is 106 Å². The largest absolute Gasteiger partial charge is 0.399 e. The van der Waals surface area contributed by atoms with Crippen molar-refractivity contribution in [1.29, 1.82) is 0 Å². The summed E-state index contributed by atoms with van der Waals surface area (Å²) in [4.78, 5) is 3.36. The lowest BCUT2D eigenvalue weighted by Crippen LogP contribution is -2.38. The Kier molecular flexibility index (Phi) is 5.26. The van der Waals surface area contributed by atoms with Crippen LogP contribution in [0.4, 0.5) is 5.69 Å². The molecule has 0 amide bonds. The van der Waals surface area contributed by atoms with E-state index in [4.69, 9.17) is 5.73 Å². The van der Waals surface area contributed by atoms with Crippen LogP contribution in [-0.4, -0.2) is 39.0 Å². The zero-order valence-electron chi connectivity index (χ0n) is 9.88. The van der Waals surface area contributed by atoms with Gasteiger partial charge in [0.25, 0.3) is 0 Å². The summed E-state index contributed by atoms with van der Waals surface area (Å²) in [6.07, 6.45) is 0. The number of nitrogens with zero attached hydrogens (tertiary/aromatic N) is 1. The summed E-state index contributed by atoms with van der Waals surface area (Å²) < 4.78 is 23.0. The van der Waals surface area contributed by atoms with Crippen molar-refractivity contribution in [2.24, 2.45) is 0 Å². The van der Waals surface area contributed by atoms with Crippen molar-refractivity contribution in [1.82, 2.24) is 9.84 Å². The van der Waals surface area contributed by atoms with Crippen LogP contribution in [-0.2, 0) is 10.0 Å². The minimum Gasteiger partial charge on any atom is -0.399 e. The molecule has 0 aliphatic rings. The van der Waals surface area contributed by atoms with Crippen molar-refractivity contribution in [2.45, 2.75) is 4.90 Å². The SMILES string of the molecule is CN(C)NS(=O)(=O)CCSc1cccc(N)c1. The first kappa shape index (κ1) is 14.3. The molecule has 7 heteroatoms. The van der Waals surface area contributed by atoms with E-state index in [1.165, 1.54) is 16.8 Å². The van der Waals surface area contributed by atoms with Gasteiger partial charge in [-0.1, -0.05) is 6.07 Å². The maximum absolute atomic E-state index is 11.5. The Bertz CT molecular complexity index is 460. The van der Waals surface area contributed by atoms with Gasteiger partial charge >= 0.3 is 0 Å². The van der Waals surface area contributed by atoms with Gasteiger partial charge in [0, 0.05) is 30.4 Å². The summed E-state index contributed by atoms with van der Waals surface area (Å²) in [6.45, 7) is 0. The second-order valence-corrected chi connectivity index (χ2v) is 6.71. The lowest BCUT2D eigenvalue weighted by molar-refractivity contribution is 0.364. The van der Waals surface area contributed by atoms with Crippen LogP contribution in [0.5, 0.6) is 0 Å². The summed E-state index contributed by atoms with van der Waals surface area (Å²) >= 11 is 1.47. The van der Waals surface area contributed by atoms with E-state index in [-0.39, 0.29) is 5.75 Å². The highest BCUT2D eigenvalue weighted by atomic mass is 32.2. The van der Waals surface area contributed by atoms with Crippen LogP contribution in [0.25, 0.3) is 0 Å². The van der Waals surface area contributed by atoms with Gasteiger partial charge in [0.1, 0.15) is 0 Å². The molecule has 0 bridgehead atoms. The number of hydrogen-bond donors (Lipinski definition) is 2. The van der Waals surface area contributed by atoms with Crippen molar-refractivity contribution in [3.05, 3.63) is 24.3 Å². The summed E-state index contributed by atoms with van der Waals surface area (Å²) in [6, 6.07) is 7.39. The summed E-state index contributed by atoms with van der Waals surface area (Å²) in [7, 11) is 0.0456. The predicted molar refractivity (Wildman–Crippen MR) is 72.2 cm³/mol. The van der Waals surface area contributed by atoms with Gasteiger partial charge in [-0.3, -0.25) is 0 Å². The number of benzene rings is 1. The molecule has 0 saturated carbocycles. The average Bonchev–Trinajstić information content (AvgIpc) is 2.15. The Hall–Kier alpha value is -0.760. The zero-order valence-corrected chi connectivity index (χ0v) is 11.5. The Morgan fingerprint density at radius 1 is 1.41 bits per heavy atom. The number of nitrogens with one attached hydrogen (secondary N) is 1. The second kappa shape index (κ2) is 6.25. The molecule has 0 heterocycles. The summed E-state index contributed by atoms with van der Waals surface area (Å²) in [5, 5.41) is 1.42. The van der Waals surface area contributed by atoms with E-state index in [0.717, 1.165) is 4.90 Å². The van der Waals surface area contributed by atoms with E-state index in [1.54, 1.807) is 20.2 Å². The third kappa shape index (κ3) is 5.92. The zero-order chi connectivity index (χ0) is 12.9. The van der Waals surface area contributed by atoms with Crippen LogP contribution in [0.2, 0.25) is 0 Å². The van der Waals surface area contributed by atoms with Crippen molar-refractivity contribution in [3.63, 3.8) is 0 Å². The van der Waals surface area contributed by atoms with Crippen LogP contribution >= 0.6 is 11.8 Å². The van der Waals surface area contributed by atoms with E-state index >= 15 is 0 Å². The molecule has 0 spiro atoms. The highest BCUT2D eigenvalue weighted by molar-refractivity contribution is 8.00. The smallest absolute Gasteiger partial charge is 0.225 e. The average molecular weight is 275 g/mol. The number of thioether (sulfide) groups is 1. The van der Waals surface area contributed by atoms with Gasteiger partial charge in [-0.2, -0.15) is 0 Å². The molecule has 0 unspecified atom stereocenters. The number of nitrogen functional groups attached to an aromatic ring is 1. The van der Waals surface area contributed by atoms with Crippen molar-refractivity contribution in [2.75, 3.05) is 31.3 Å². The van der Waals surface area contributed by atoms with Crippen LogP contribution in [0.1, 0.15) is 0 Å². The van der Waals surface area contributed by atoms with E-state index < -0.39 is 10.0 Å². The van der Waals surface area contributed by atoms with E-state index in [2.05, 4.69) is 4.83 Å². The quantitative estimate of drug-likeness (QED) is 0.455. The molecule has 5 nitrogen and oxygen atoms in total. The first-order valence-electron chi connectivity index (χ1n) is 5.05. The predicted octanol–water partition coefficient (Wildman–Crippen LogP) is 0.757. The Morgan fingerprint density at radius 3 is 2.71 bits per heavy atom. The maximum Gasteiger partial charge on any atom is 0.225 e. The first-order chi connectivity index (χ1) is 7.89. The van der Waals surface area contributed by atoms with Gasteiger partial charge in [0.2, 0.25) is 10.0 Å². The van der Waals surface area contributed by atoms with Crippen LogP contribution in [0.15, 0.2) is 29.2 Å². The summed E-state index contributed by atoms with van der Waals surface area (Å²) in [5.41, 5.74) is 6.32. The monoisotopic (exact) mass is 275 g/mol. The highest BCUT2D eigenvalue weighted by Gasteiger charge is 2.10. The molecule has 0 saturated heterocycles. The van der Waals surface area contributed by atoms with Crippen molar-refractivity contribution >= 4 is 27.5 Å². The molecule has 0 aromatic heterocycles. The van der Waals surface area contributed by atoms with E-state index in [1.807, 2.05) is 18.2 Å². The van der Waals surface area contributed by atoms with Crippen LogP contribution < -0.4 is 10.6 Å². The van der Waals surface area contributed by atoms with Crippen molar-refractivity contribution < 1.29 is 8.42 Å². The standard InChI is InChI=1S/C10H17N3O2S2/c1-13(2)12-17(14,15)7-6-16-10-5-3-4-9(11)8-10/h3-5,8,12H,6-7,11H2,1-2H3. The number of nitrogens with two attached hydrogens (primary N) is 1.